The number of piperidine rings is 2. The van der Waals surface area contributed by atoms with E-state index in [0.717, 1.165) is 24.2 Å². The molecule has 2 heterocycles. The zero-order valence-corrected chi connectivity index (χ0v) is 11.6. The second-order valence-electron chi connectivity index (χ2n) is 7.58. The van der Waals surface area contributed by atoms with Crippen LogP contribution < -0.4 is 0 Å². The molecule has 2 nitrogen and oxygen atoms in total. The van der Waals surface area contributed by atoms with E-state index in [4.69, 9.17) is 0 Å². The van der Waals surface area contributed by atoms with E-state index in [1.807, 2.05) is 0 Å². The van der Waals surface area contributed by atoms with E-state index in [2.05, 4.69) is 11.8 Å². The zero-order chi connectivity index (χ0) is 12.3. The molecule has 102 valence electrons. The van der Waals surface area contributed by atoms with Crippen molar-refractivity contribution < 1.29 is 5.11 Å². The highest BCUT2D eigenvalue weighted by atomic mass is 16.3. The highest BCUT2D eigenvalue weighted by molar-refractivity contribution is 5.15. The van der Waals surface area contributed by atoms with E-state index < -0.39 is 0 Å². The first-order chi connectivity index (χ1) is 8.72. The minimum absolute atomic E-state index is 0.000324. The van der Waals surface area contributed by atoms with E-state index in [-0.39, 0.29) is 6.10 Å². The van der Waals surface area contributed by atoms with Gasteiger partial charge in [0.2, 0.25) is 0 Å². The van der Waals surface area contributed by atoms with Crippen molar-refractivity contribution in [3.8, 4) is 0 Å². The fourth-order valence-electron chi connectivity index (χ4n) is 6.43. The molecule has 0 amide bonds. The van der Waals surface area contributed by atoms with Gasteiger partial charge < -0.3 is 5.11 Å². The molecular weight excluding hydrogens is 222 g/mol. The van der Waals surface area contributed by atoms with Crippen molar-refractivity contribution in [1.29, 1.82) is 0 Å². The third-order valence-corrected chi connectivity index (χ3v) is 6.72. The molecule has 0 unspecified atom stereocenters. The second-order valence-corrected chi connectivity index (χ2v) is 7.58. The smallest absolute Gasteiger partial charge is 0.0589 e. The highest BCUT2D eigenvalue weighted by Gasteiger charge is 2.61. The molecule has 0 aromatic carbocycles. The molecule has 1 N–H and O–H groups in total. The minimum atomic E-state index is -0.000324. The Morgan fingerprint density at radius 2 is 1.78 bits per heavy atom. The monoisotopic (exact) mass is 249 g/mol. The molecule has 0 aromatic heterocycles. The fourth-order valence-corrected chi connectivity index (χ4v) is 6.43. The number of aliphatic hydroxyl groups is 1. The molecule has 2 saturated carbocycles. The fraction of sp³-hybridized carbons (Fsp3) is 1.00. The summed E-state index contributed by atoms with van der Waals surface area (Å²) >= 11 is 0. The van der Waals surface area contributed by atoms with Crippen LogP contribution in [-0.2, 0) is 0 Å². The van der Waals surface area contributed by atoms with Gasteiger partial charge in [0.1, 0.15) is 0 Å². The molecule has 6 atom stereocenters. The second kappa shape index (κ2) is 3.96. The first kappa shape index (κ1) is 11.7. The Bertz CT molecular complexity index is 330. The average molecular weight is 249 g/mol. The maximum Gasteiger partial charge on any atom is 0.0589 e. The molecule has 18 heavy (non-hydrogen) atoms. The van der Waals surface area contributed by atoms with Gasteiger partial charge in [-0.25, -0.2) is 0 Å². The zero-order valence-electron chi connectivity index (χ0n) is 11.6. The van der Waals surface area contributed by atoms with Crippen LogP contribution in [0.5, 0.6) is 0 Å². The third-order valence-electron chi connectivity index (χ3n) is 6.72. The predicted molar refractivity (Wildman–Crippen MR) is 72.3 cm³/mol. The lowest BCUT2D eigenvalue weighted by molar-refractivity contribution is -0.194. The lowest BCUT2D eigenvalue weighted by atomic mass is 9.48. The quantitative estimate of drug-likeness (QED) is 0.713. The van der Waals surface area contributed by atoms with Gasteiger partial charge in [-0.15, -0.1) is 0 Å². The largest absolute Gasteiger partial charge is 0.393 e. The summed E-state index contributed by atoms with van der Waals surface area (Å²) in [5.41, 5.74) is 0.413. The molecule has 2 aliphatic carbocycles. The van der Waals surface area contributed by atoms with Crippen LogP contribution >= 0.6 is 0 Å². The van der Waals surface area contributed by atoms with Gasteiger partial charge in [-0.05, 0) is 75.8 Å². The van der Waals surface area contributed by atoms with Gasteiger partial charge >= 0.3 is 0 Å². The molecule has 4 aliphatic rings. The highest BCUT2D eigenvalue weighted by Crippen LogP contribution is 2.60. The summed E-state index contributed by atoms with van der Waals surface area (Å²) in [5.74, 6) is 3.20. The van der Waals surface area contributed by atoms with Crippen molar-refractivity contribution >= 4 is 0 Å². The molecule has 2 heteroatoms. The van der Waals surface area contributed by atoms with E-state index in [0.29, 0.717) is 11.5 Å². The maximum atomic E-state index is 10.6. The summed E-state index contributed by atoms with van der Waals surface area (Å²) in [6.45, 7) is 5.06. The molecule has 2 aliphatic heterocycles. The summed E-state index contributed by atoms with van der Waals surface area (Å²) < 4.78 is 0. The number of rotatable bonds is 0. The van der Waals surface area contributed by atoms with Crippen LogP contribution in [0.3, 0.4) is 0 Å². The van der Waals surface area contributed by atoms with Crippen molar-refractivity contribution in [2.24, 2.45) is 23.7 Å². The van der Waals surface area contributed by atoms with Gasteiger partial charge in [0.15, 0.2) is 0 Å². The molecule has 4 fully saturated rings. The molecule has 0 radical (unpaired) electrons. The Hall–Kier alpha value is -0.0800. The van der Waals surface area contributed by atoms with Gasteiger partial charge in [-0.3, -0.25) is 4.90 Å². The number of hydrogen-bond acceptors (Lipinski definition) is 2. The first-order valence-electron chi connectivity index (χ1n) is 8.15. The van der Waals surface area contributed by atoms with E-state index >= 15 is 0 Å². The van der Waals surface area contributed by atoms with Crippen molar-refractivity contribution in [2.45, 2.75) is 63.5 Å². The van der Waals surface area contributed by atoms with Gasteiger partial charge in [-0.2, -0.15) is 0 Å². The summed E-state index contributed by atoms with van der Waals surface area (Å²) in [4.78, 5) is 2.82. The molecule has 1 spiro atoms. The van der Waals surface area contributed by atoms with Crippen LogP contribution in [0.2, 0.25) is 0 Å². The van der Waals surface area contributed by atoms with Crippen molar-refractivity contribution in [2.75, 3.05) is 13.1 Å². The Balaban J connectivity index is 1.80. The van der Waals surface area contributed by atoms with E-state index in [9.17, 15) is 5.11 Å². The number of aliphatic hydroxyl groups excluding tert-OH is 1. The average Bonchev–Trinajstić information content (AvgIpc) is 2.33. The van der Waals surface area contributed by atoms with Crippen LogP contribution in [0.15, 0.2) is 0 Å². The third kappa shape index (κ3) is 1.37. The SMILES string of the molecule is C[C@H]1C[C@H]2C[C@H](O)[C@H]3CCCN4CCC[C@H]2[C@]34C1. The number of hydrogen-bond donors (Lipinski definition) is 1. The van der Waals surface area contributed by atoms with Crippen LogP contribution in [0.4, 0.5) is 0 Å². The predicted octanol–water partition coefficient (Wildman–Crippen LogP) is 2.66. The lowest BCUT2D eigenvalue weighted by Gasteiger charge is -2.67. The first-order valence-corrected chi connectivity index (χ1v) is 8.15. The van der Waals surface area contributed by atoms with Gasteiger partial charge in [0.25, 0.3) is 0 Å². The standard InChI is InChI=1S/C16H27NO/c1-11-8-12-9-15(18)14-5-3-7-17-6-2-4-13(12)16(14,17)10-11/h11-15,18H,2-10H2,1H3/t11-,12-,13+,14+,15-,16+/m0/s1. The molecular formula is C16H27NO. The Kier molecular flexibility index (Phi) is 2.58. The van der Waals surface area contributed by atoms with Crippen LogP contribution in [0.1, 0.15) is 51.9 Å². The van der Waals surface area contributed by atoms with E-state index in [1.165, 1.54) is 51.6 Å². The molecule has 4 rings (SSSR count). The minimum Gasteiger partial charge on any atom is -0.393 e. The van der Waals surface area contributed by atoms with Gasteiger partial charge in [-0.1, -0.05) is 6.92 Å². The van der Waals surface area contributed by atoms with Crippen LogP contribution in [0, 0.1) is 23.7 Å². The van der Waals surface area contributed by atoms with E-state index in [1.54, 1.807) is 0 Å². The normalized spacial score (nSPS) is 56.0. The summed E-state index contributed by atoms with van der Waals surface area (Å²) in [5, 5.41) is 10.6. The summed E-state index contributed by atoms with van der Waals surface area (Å²) in [6, 6.07) is 0. The Morgan fingerprint density at radius 3 is 2.56 bits per heavy atom. The maximum absolute atomic E-state index is 10.6. The summed E-state index contributed by atoms with van der Waals surface area (Å²) in [7, 11) is 0. The molecule has 0 aromatic rings. The van der Waals surface area contributed by atoms with Crippen molar-refractivity contribution in [1.82, 2.24) is 4.90 Å². The molecule has 2 saturated heterocycles. The van der Waals surface area contributed by atoms with Gasteiger partial charge in [0.05, 0.1) is 6.10 Å². The number of nitrogens with zero attached hydrogens (tertiary/aromatic N) is 1. The molecule has 2 bridgehead atoms. The Labute approximate surface area is 111 Å². The van der Waals surface area contributed by atoms with Gasteiger partial charge in [0, 0.05) is 11.5 Å². The van der Waals surface area contributed by atoms with Crippen molar-refractivity contribution in [3.05, 3.63) is 0 Å². The van der Waals surface area contributed by atoms with Crippen LogP contribution in [0.25, 0.3) is 0 Å². The lowest BCUT2D eigenvalue weighted by Crippen LogP contribution is -2.72. The van der Waals surface area contributed by atoms with Crippen LogP contribution in [-0.4, -0.2) is 34.7 Å². The van der Waals surface area contributed by atoms with Crippen molar-refractivity contribution in [3.63, 3.8) is 0 Å². The topological polar surface area (TPSA) is 23.5 Å². The summed E-state index contributed by atoms with van der Waals surface area (Å²) in [6.07, 6.45) is 9.30. The Morgan fingerprint density at radius 1 is 1.06 bits per heavy atom.